The van der Waals surface area contributed by atoms with Crippen molar-refractivity contribution in [1.29, 1.82) is 0 Å². The summed E-state index contributed by atoms with van der Waals surface area (Å²) in [7, 11) is 0. The quantitative estimate of drug-likeness (QED) is 0.747. The summed E-state index contributed by atoms with van der Waals surface area (Å²) >= 11 is 0. The standard InChI is InChI=1S/C15H23N3/c1-3-8-16-15-17-11(2)9-18(15)10-14(12-4-5-12)13-6-7-13/h3,9,12-14H,1,4-8,10H2,2H3,(H,16,17). The second kappa shape index (κ2) is 4.79. The van der Waals surface area contributed by atoms with Crippen LogP contribution in [0.5, 0.6) is 0 Å². The molecule has 18 heavy (non-hydrogen) atoms. The Hall–Kier alpha value is -1.25. The van der Waals surface area contributed by atoms with Gasteiger partial charge in [0, 0.05) is 19.3 Å². The van der Waals surface area contributed by atoms with Gasteiger partial charge in [-0.25, -0.2) is 4.98 Å². The molecule has 0 amide bonds. The van der Waals surface area contributed by atoms with Gasteiger partial charge in [0.2, 0.25) is 5.95 Å². The number of aromatic nitrogens is 2. The van der Waals surface area contributed by atoms with Crippen molar-refractivity contribution in [2.75, 3.05) is 11.9 Å². The molecule has 1 aromatic rings. The first-order valence-electron chi connectivity index (χ1n) is 7.16. The van der Waals surface area contributed by atoms with Crippen LogP contribution < -0.4 is 5.32 Å². The molecule has 3 heteroatoms. The summed E-state index contributed by atoms with van der Waals surface area (Å²) in [5.41, 5.74) is 1.10. The Balaban J connectivity index is 1.71. The van der Waals surface area contributed by atoms with Crippen LogP contribution in [0.3, 0.4) is 0 Å². The third kappa shape index (κ3) is 2.60. The summed E-state index contributed by atoms with van der Waals surface area (Å²) in [6.07, 6.45) is 9.86. The molecule has 0 spiro atoms. The van der Waals surface area contributed by atoms with Gasteiger partial charge in [-0.05, 0) is 50.4 Å². The van der Waals surface area contributed by atoms with E-state index in [-0.39, 0.29) is 0 Å². The van der Waals surface area contributed by atoms with Crippen LogP contribution in [-0.4, -0.2) is 16.1 Å². The van der Waals surface area contributed by atoms with Gasteiger partial charge in [-0.3, -0.25) is 0 Å². The molecule has 0 unspecified atom stereocenters. The maximum atomic E-state index is 4.56. The summed E-state index contributed by atoms with van der Waals surface area (Å²) in [6, 6.07) is 0. The largest absolute Gasteiger partial charge is 0.352 e. The molecule has 0 aliphatic heterocycles. The Morgan fingerprint density at radius 3 is 2.67 bits per heavy atom. The minimum absolute atomic E-state index is 0.786. The van der Waals surface area contributed by atoms with Crippen LogP contribution in [0.1, 0.15) is 31.4 Å². The third-order valence-electron chi connectivity index (χ3n) is 4.16. The first kappa shape index (κ1) is 11.8. The molecule has 0 radical (unpaired) electrons. The highest BCUT2D eigenvalue weighted by atomic mass is 15.2. The van der Waals surface area contributed by atoms with Gasteiger partial charge in [0.05, 0.1) is 5.69 Å². The molecule has 1 N–H and O–H groups in total. The number of anilines is 1. The molecule has 2 aliphatic carbocycles. The fraction of sp³-hybridized carbons (Fsp3) is 0.667. The molecule has 0 bridgehead atoms. The highest BCUT2D eigenvalue weighted by Crippen LogP contribution is 2.50. The van der Waals surface area contributed by atoms with E-state index in [0.29, 0.717) is 0 Å². The Bertz CT molecular complexity index is 415. The predicted molar refractivity (Wildman–Crippen MR) is 74.6 cm³/mol. The van der Waals surface area contributed by atoms with Crippen molar-refractivity contribution in [1.82, 2.24) is 9.55 Å². The molecule has 3 nitrogen and oxygen atoms in total. The molecule has 98 valence electrons. The number of hydrogen-bond donors (Lipinski definition) is 1. The Morgan fingerprint density at radius 1 is 1.44 bits per heavy atom. The summed E-state index contributed by atoms with van der Waals surface area (Å²) in [5.74, 6) is 3.89. The van der Waals surface area contributed by atoms with E-state index in [2.05, 4.69) is 34.6 Å². The average Bonchev–Trinajstić information content (AvgIpc) is 3.23. The number of aryl methyl sites for hydroxylation is 1. The second-order valence-corrected chi connectivity index (χ2v) is 5.87. The zero-order chi connectivity index (χ0) is 12.5. The molecule has 0 atom stereocenters. The smallest absolute Gasteiger partial charge is 0.203 e. The van der Waals surface area contributed by atoms with Crippen LogP contribution in [0.2, 0.25) is 0 Å². The maximum absolute atomic E-state index is 4.56. The molecule has 0 saturated heterocycles. The highest BCUT2D eigenvalue weighted by Gasteiger charge is 2.41. The molecule has 1 heterocycles. The number of rotatable bonds is 7. The van der Waals surface area contributed by atoms with E-state index in [9.17, 15) is 0 Å². The van der Waals surface area contributed by atoms with Crippen molar-refractivity contribution in [2.24, 2.45) is 17.8 Å². The molecule has 2 aliphatic rings. The summed E-state index contributed by atoms with van der Waals surface area (Å²) in [5, 5.41) is 3.34. The van der Waals surface area contributed by atoms with Crippen LogP contribution in [0.15, 0.2) is 18.9 Å². The lowest BCUT2D eigenvalue weighted by molar-refractivity contribution is 0.350. The predicted octanol–water partition coefficient (Wildman–Crippen LogP) is 3.23. The normalized spacial score (nSPS) is 19.2. The van der Waals surface area contributed by atoms with Gasteiger partial charge >= 0.3 is 0 Å². The fourth-order valence-corrected chi connectivity index (χ4v) is 2.95. The van der Waals surface area contributed by atoms with Crippen LogP contribution in [-0.2, 0) is 6.54 Å². The van der Waals surface area contributed by atoms with E-state index in [1.807, 2.05) is 6.08 Å². The minimum Gasteiger partial charge on any atom is -0.352 e. The van der Waals surface area contributed by atoms with E-state index in [0.717, 1.165) is 42.5 Å². The van der Waals surface area contributed by atoms with Crippen molar-refractivity contribution in [3.8, 4) is 0 Å². The number of nitrogens with one attached hydrogen (secondary N) is 1. The van der Waals surface area contributed by atoms with E-state index in [4.69, 9.17) is 0 Å². The molecule has 1 aromatic heterocycles. The van der Waals surface area contributed by atoms with Gasteiger partial charge in [-0.15, -0.1) is 6.58 Å². The highest BCUT2D eigenvalue weighted by molar-refractivity contribution is 5.29. The van der Waals surface area contributed by atoms with Gasteiger partial charge in [-0.1, -0.05) is 6.08 Å². The average molecular weight is 245 g/mol. The first-order valence-corrected chi connectivity index (χ1v) is 7.16. The molecule has 2 fully saturated rings. The topological polar surface area (TPSA) is 29.9 Å². The van der Waals surface area contributed by atoms with Gasteiger partial charge in [0.15, 0.2) is 0 Å². The van der Waals surface area contributed by atoms with E-state index in [1.54, 1.807) is 0 Å². The third-order valence-corrected chi connectivity index (χ3v) is 4.16. The molecular formula is C15H23N3. The number of imidazole rings is 1. The van der Waals surface area contributed by atoms with E-state index >= 15 is 0 Å². The van der Waals surface area contributed by atoms with Crippen molar-refractivity contribution in [2.45, 2.75) is 39.2 Å². The molecule has 2 saturated carbocycles. The van der Waals surface area contributed by atoms with Crippen LogP contribution in [0, 0.1) is 24.7 Å². The fourth-order valence-electron chi connectivity index (χ4n) is 2.95. The zero-order valence-corrected chi connectivity index (χ0v) is 11.2. The second-order valence-electron chi connectivity index (χ2n) is 5.87. The van der Waals surface area contributed by atoms with Gasteiger partial charge in [0.1, 0.15) is 0 Å². The summed E-state index contributed by atoms with van der Waals surface area (Å²) < 4.78 is 2.32. The lowest BCUT2D eigenvalue weighted by atomic mass is 9.98. The first-order chi connectivity index (χ1) is 8.78. The van der Waals surface area contributed by atoms with Crippen LogP contribution >= 0.6 is 0 Å². The van der Waals surface area contributed by atoms with Gasteiger partial charge in [0.25, 0.3) is 0 Å². The molecule has 0 aromatic carbocycles. The van der Waals surface area contributed by atoms with Crippen molar-refractivity contribution in [3.05, 3.63) is 24.5 Å². The Kier molecular flexibility index (Phi) is 3.14. The van der Waals surface area contributed by atoms with Crippen LogP contribution in [0.25, 0.3) is 0 Å². The van der Waals surface area contributed by atoms with Crippen LogP contribution in [0.4, 0.5) is 5.95 Å². The van der Waals surface area contributed by atoms with E-state index < -0.39 is 0 Å². The van der Waals surface area contributed by atoms with Gasteiger partial charge in [-0.2, -0.15) is 0 Å². The maximum Gasteiger partial charge on any atom is 0.203 e. The van der Waals surface area contributed by atoms with E-state index in [1.165, 1.54) is 25.7 Å². The molecule has 3 rings (SSSR count). The van der Waals surface area contributed by atoms with Crippen molar-refractivity contribution < 1.29 is 0 Å². The summed E-state index contributed by atoms with van der Waals surface area (Å²) in [6.45, 7) is 7.75. The summed E-state index contributed by atoms with van der Waals surface area (Å²) in [4.78, 5) is 4.56. The minimum atomic E-state index is 0.786. The van der Waals surface area contributed by atoms with Crippen molar-refractivity contribution in [3.63, 3.8) is 0 Å². The number of nitrogens with zero attached hydrogens (tertiary/aromatic N) is 2. The Morgan fingerprint density at radius 2 is 2.11 bits per heavy atom. The van der Waals surface area contributed by atoms with Gasteiger partial charge < -0.3 is 9.88 Å². The molecular weight excluding hydrogens is 222 g/mol. The number of hydrogen-bond acceptors (Lipinski definition) is 2. The van der Waals surface area contributed by atoms with Crippen molar-refractivity contribution >= 4 is 5.95 Å². The lowest BCUT2D eigenvalue weighted by Crippen LogP contribution is -2.16. The monoisotopic (exact) mass is 245 g/mol. The SMILES string of the molecule is C=CCNc1nc(C)cn1CC(C1CC1)C1CC1. The zero-order valence-electron chi connectivity index (χ0n) is 11.2. The lowest BCUT2D eigenvalue weighted by Gasteiger charge is -2.18. The Labute approximate surface area is 109 Å².